The molecule has 0 radical (unpaired) electrons. The van der Waals surface area contributed by atoms with Crippen LogP contribution in [0.2, 0.25) is 0 Å². The number of para-hydroxylation sites is 2. The van der Waals surface area contributed by atoms with Crippen molar-refractivity contribution in [2.75, 3.05) is 24.2 Å². The van der Waals surface area contributed by atoms with Crippen LogP contribution in [0.5, 0.6) is 11.5 Å². The van der Waals surface area contributed by atoms with E-state index in [9.17, 15) is 0 Å². The zero-order valence-electron chi connectivity index (χ0n) is 11.2. The second-order valence-corrected chi connectivity index (χ2v) is 4.63. The van der Waals surface area contributed by atoms with E-state index in [1.54, 1.807) is 0 Å². The Morgan fingerprint density at radius 2 is 2.10 bits per heavy atom. The van der Waals surface area contributed by atoms with Gasteiger partial charge in [0.1, 0.15) is 18.5 Å². The van der Waals surface area contributed by atoms with Crippen molar-refractivity contribution in [2.45, 2.75) is 13.0 Å². The summed E-state index contributed by atoms with van der Waals surface area (Å²) in [5.74, 6) is 2.51. The fourth-order valence-electron chi connectivity index (χ4n) is 2.06. The number of nitrogen functional groups attached to an aromatic ring is 1. The maximum absolute atomic E-state index is 5.85. The monoisotopic (exact) mass is 272 g/mol. The lowest BCUT2D eigenvalue weighted by molar-refractivity contribution is 0.0997. The lowest BCUT2D eigenvalue weighted by Crippen LogP contribution is -2.35. The molecule has 0 bridgehead atoms. The molecule has 20 heavy (non-hydrogen) atoms. The van der Waals surface area contributed by atoms with E-state index >= 15 is 0 Å². The average Bonchev–Trinajstić information content (AvgIpc) is 2.44. The third kappa shape index (κ3) is 2.74. The summed E-state index contributed by atoms with van der Waals surface area (Å²) in [5, 5.41) is 3.19. The summed E-state index contributed by atoms with van der Waals surface area (Å²) >= 11 is 0. The first-order valence-corrected chi connectivity index (χ1v) is 6.44. The minimum absolute atomic E-state index is 0.0682. The molecule has 3 N–H and O–H groups in total. The van der Waals surface area contributed by atoms with Crippen LogP contribution in [0.4, 0.5) is 11.8 Å². The van der Waals surface area contributed by atoms with Gasteiger partial charge in [-0.15, -0.1) is 0 Å². The number of aryl methyl sites for hydroxylation is 1. The van der Waals surface area contributed by atoms with Crippen LogP contribution in [-0.4, -0.2) is 29.2 Å². The minimum Gasteiger partial charge on any atom is -0.486 e. The molecular formula is C14H16N4O2. The van der Waals surface area contributed by atoms with E-state index in [4.69, 9.17) is 15.2 Å². The van der Waals surface area contributed by atoms with Crippen LogP contribution in [0.25, 0.3) is 0 Å². The van der Waals surface area contributed by atoms with Gasteiger partial charge in [-0.1, -0.05) is 12.1 Å². The molecule has 1 aromatic carbocycles. The highest BCUT2D eigenvalue weighted by Gasteiger charge is 2.20. The summed E-state index contributed by atoms with van der Waals surface area (Å²) in [4.78, 5) is 8.15. The summed E-state index contributed by atoms with van der Waals surface area (Å²) < 4.78 is 11.5. The lowest BCUT2D eigenvalue weighted by atomic mass is 10.2. The number of fused-ring (bicyclic) bond motifs is 1. The zero-order valence-corrected chi connectivity index (χ0v) is 11.2. The molecule has 104 valence electrons. The first-order valence-electron chi connectivity index (χ1n) is 6.44. The van der Waals surface area contributed by atoms with Crippen molar-refractivity contribution >= 4 is 11.8 Å². The molecule has 6 heteroatoms. The summed E-state index contributed by atoms with van der Waals surface area (Å²) in [6.07, 6.45) is -0.0682. The number of nitrogens with one attached hydrogen (secondary N) is 1. The van der Waals surface area contributed by atoms with Gasteiger partial charge in [-0.2, -0.15) is 4.98 Å². The topological polar surface area (TPSA) is 82.3 Å². The number of anilines is 2. The largest absolute Gasteiger partial charge is 0.486 e. The smallest absolute Gasteiger partial charge is 0.222 e. The average molecular weight is 272 g/mol. The van der Waals surface area contributed by atoms with Gasteiger partial charge in [-0.3, -0.25) is 0 Å². The van der Waals surface area contributed by atoms with Gasteiger partial charge >= 0.3 is 0 Å². The number of hydrogen-bond acceptors (Lipinski definition) is 6. The number of rotatable bonds is 3. The standard InChI is InChI=1S/C14H16N4O2/c1-9-6-13(18-14(15)17-9)16-7-10-8-19-11-4-2-3-5-12(11)20-10/h2-6,10H,7-8H2,1H3,(H3,15,16,17,18). The molecular weight excluding hydrogens is 256 g/mol. The van der Waals surface area contributed by atoms with Crippen molar-refractivity contribution in [2.24, 2.45) is 0 Å². The fraction of sp³-hybridized carbons (Fsp3) is 0.286. The van der Waals surface area contributed by atoms with Crippen LogP contribution in [0.1, 0.15) is 5.69 Å². The van der Waals surface area contributed by atoms with Crippen molar-refractivity contribution in [3.8, 4) is 11.5 Å². The molecule has 2 heterocycles. The van der Waals surface area contributed by atoms with Gasteiger partial charge in [-0.25, -0.2) is 4.98 Å². The second-order valence-electron chi connectivity index (χ2n) is 4.63. The fourth-order valence-corrected chi connectivity index (χ4v) is 2.06. The quantitative estimate of drug-likeness (QED) is 0.883. The van der Waals surface area contributed by atoms with E-state index in [1.165, 1.54) is 0 Å². The van der Waals surface area contributed by atoms with Gasteiger partial charge in [0.2, 0.25) is 5.95 Å². The third-order valence-electron chi connectivity index (χ3n) is 2.95. The highest BCUT2D eigenvalue weighted by Crippen LogP contribution is 2.30. The molecule has 0 aliphatic carbocycles. The van der Waals surface area contributed by atoms with Gasteiger partial charge in [-0.05, 0) is 19.1 Å². The molecule has 1 aliphatic rings. The Morgan fingerprint density at radius 1 is 1.30 bits per heavy atom. The molecule has 2 aromatic rings. The Bertz CT molecular complexity index is 598. The molecule has 1 atom stereocenters. The minimum atomic E-state index is -0.0682. The first kappa shape index (κ1) is 12.5. The van der Waals surface area contributed by atoms with Crippen molar-refractivity contribution in [3.05, 3.63) is 36.0 Å². The Hall–Kier alpha value is -2.50. The molecule has 0 saturated carbocycles. The maximum Gasteiger partial charge on any atom is 0.222 e. The number of aromatic nitrogens is 2. The van der Waals surface area contributed by atoms with Crippen LogP contribution >= 0.6 is 0 Å². The van der Waals surface area contributed by atoms with E-state index in [0.717, 1.165) is 17.2 Å². The van der Waals surface area contributed by atoms with Gasteiger partial charge in [0.15, 0.2) is 11.5 Å². The van der Waals surface area contributed by atoms with Crippen molar-refractivity contribution < 1.29 is 9.47 Å². The molecule has 1 unspecified atom stereocenters. The van der Waals surface area contributed by atoms with Crippen molar-refractivity contribution in [3.63, 3.8) is 0 Å². The van der Waals surface area contributed by atoms with Crippen LogP contribution in [0.3, 0.4) is 0 Å². The van der Waals surface area contributed by atoms with E-state index in [0.29, 0.717) is 19.0 Å². The van der Waals surface area contributed by atoms with Gasteiger partial charge < -0.3 is 20.5 Å². The highest BCUT2D eigenvalue weighted by atomic mass is 16.6. The number of ether oxygens (including phenoxy) is 2. The van der Waals surface area contributed by atoms with Gasteiger partial charge in [0.25, 0.3) is 0 Å². The SMILES string of the molecule is Cc1cc(NCC2COc3ccccc3O2)nc(N)n1. The van der Waals surface area contributed by atoms with E-state index in [2.05, 4.69) is 15.3 Å². The molecule has 3 rings (SSSR count). The molecule has 1 aliphatic heterocycles. The first-order chi connectivity index (χ1) is 9.70. The zero-order chi connectivity index (χ0) is 13.9. The van der Waals surface area contributed by atoms with Crippen LogP contribution in [-0.2, 0) is 0 Å². The Labute approximate surface area is 116 Å². The molecule has 0 spiro atoms. The predicted octanol–water partition coefficient (Wildman–Crippen LogP) is 1.62. The summed E-state index contributed by atoms with van der Waals surface area (Å²) in [5.41, 5.74) is 6.44. The summed E-state index contributed by atoms with van der Waals surface area (Å²) in [6.45, 7) is 2.97. The van der Waals surface area contributed by atoms with Gasteiger partial charge in [0, 0.05) is 11.8 Å². The molecule has 0 fully saturated rings. The Morgan fingerprint density at radius 3 is 2.90 bits per heavy atom. The molecule has 0 amide bonds. The highest BCUT2D eigenvalue weighted by molar-refractivity contribution is 5.42. The summed E-state index contributed by atoms with van der Waals surface area (Å²) in [7, 11) is 0. The van der Waals surface area contributed by atoms with Crippen LogP contribution in [0, 0.1) is 6.92 Å². The number of hydrogen-bond donors (Lipinski definition) is 2. The predicted molar refractivity (Wildman–Crippen MR) is 76.0 cm³/mol. The van der Waals surface area contributed by atoms with E-state index in [1.807, 2.05) is 37.3 Å². The maximum atomic E-state index is 5.85. The van der Waals surface area contributed by atoms with Crippen LogP contribution < -0.4 is 20.5 Å². The van der Waals surface area contributed by atoms with Crippen LogP contribution in [0.15, 0.2) is 30.3 Å². The Balaban J connectivity index is 1.62. The molecule has 6 nitrogen and oxygen atoms in total. The van der Waals surface area contributed by atoms with Crippen molar-refractivity contribution in [1.82, 2.24) is 9.97 Å². The summed E-state index contributed by atoms with van der Waals surface area (Å²) in [6, 6.07) is 9.48. The van der Waals surface area contributed by atoms with E-state index < -0.39 is 0 Å². The number of nitrogens with two attached hydrogens (primary N) is 1. The Kier molecular flexibility index (Phi) is 3.28. The second kappa shape index (κ2) is 5.24. The molecule has 0 saturated heterocycles. The number of benzene rings is 1. The normalized spacial score (nSPS) is 16.8. The third-order valence-corrected chi connectivity index (χ3v) is 2.95. The van der Waals surface area contributed by atoms with Gasteiger partial charge in [0.05, 0.1) is 6.54 Å². The van der Waals surface area contributed by atoms with E-state index in [-0.39, 0.29) is 12.1 Å². The molecule has 1 aromatic heterocycles. The lowest BCUT2D eigenvalue weighted by Gasteiger charge is -2.26. The number of nitrogens with zero attached hydrogens (tertiary/aromatic N) is 2. The van der Waals surface area contributed by atoms with Crippen molar-refractivity contribution in [1.29, 1.82) is 0 Å².